The summed E-state index contributed by atoms with van der Waals surface area (Å²) in [6.45, 7) is 2.73. The van der Waals surface area contributed by atoms with Crippen LogP contribution >= 0.6 is 12.9 Å². The fourth-order valence-corrected chi connectivity index (χ4v) is 1.56. The number of hydrogen-bond acceptors (Lipinski definition) is 5. The summed E-state index contributed by atoms with van der Waals surface area (Å²) in [6.07, 6.45) is 2.46. The Hall–Kier alpha value is -0.260. The van der Waals surface area contributed by atoms with E-state index in [2.05, 4.69) is 22.0 Å². The lowest BCUT2D eigenvalue weighted by molar-refractivity contribution is -0.133. The number of nitrogens with two attached hydrogens (primary N) is 1. The number of likely N-dealkylation sites (tertiary alicyclic amines) is 1. The van der Waals surface area contributed by atoms with E-state index in [0.29, 0.717) is 12.5 Å². The third-order valence-electron chi connectivity index (χ3n) is 2.37. The molecule has 0 unspecified atom stereocenters. The summed E-state index contributed by atoms with van der Waals surface area (Å²) in [6, 6.07) is 0.341. The van der Waals surface area contributed by atoms with Gasteiger partial charge in [0.2, 0.25) is 0 Å². The van der Waals surface area contributed by atoms with E-state index in [1.165, 1.54) is 0 Å². The molecule has 76 valence electrons. The first-order valence-electron chi connectivity index (χ1n) is 4.54. The Morgan fingerprint density at radius 1 is 1.54 bits per heavy atom. The number of hydrogen-bond donors (Lipinski definition) is 2. The molecule has 0 aromatic carbocycles. The molecule has 1 rings (SSSR count). The SMILES string of the molecule is NC1CCN(CCC(=O)OS)CC1. The van der Waals surface area contributed by atoms with Crippen molar-refractivity contribution in [3.63, 3.8) is 0 Å². The molecule has 1 heterocycles. The smallest absolute Gasteiger partial charge is 0.318 e. The molecule has 1 fully saturated rings. The Bertz CT molecular complexity index is 170. The van der Waals surface area contributed by atoms with Gasteiger partial charge in [-0.1, -0.05) is 0 Å². The van der Waals surface area contributed by atoms with Gasteiger partial charge in [0, 0.05) is 25.5 Å². The van der Waals surface area contributed by atoms with Gasteiger partial charge in [-0.05, 0) is 25.9 Å². The van der Waals surface area contributed by atoms with Crippen LogP contribution in [0, 0.1) is 0 Å². The lowest BCUT2D eigenvalue weighted by Crippen LogP contribution is -2.40. The van der Waals surface area contributed by atoms with Crippen LogP contribution in [-0.4, -0.2) is 36.5 Å². The average molecular weight is 204 g/mol. The summed E-state index contributed by atoms with van der Waals surface area (Å²) in [5.41, 5.74) is 5.75. The maximum atomic E-state index is 10.8. The molecule has 13 heavy (non-hydrogen) atoms. The number of thiol groups is 1. The molecule has 2 N–H and O–H groups in total. The standard InChI is InChI=1S/C8H16N2O2S/c9-7-1-4-10(5-2-7)6-3-8(11)12-13/h7,13H,1-6,9H2. The molecule has 0 spiro atoms. The lowest BCUT2D eigenvalue weighted by atomic mass is 10.1. The summed E-state index contributed by atoms with van der Waals surface area (Å²) in [5.74, 6) is -0.266. The quantitative estimate of drug-likeness (QED) is 0.509. The van der Waals surface area contributed by atoms with E-state index in [-0.39, 0.29) is 5.97 Å². The van der Waals surface area contributed by atoms with E-state index in [4.69, 9.17) is 5.73 Å². The Kier molecular flexibility index (Phi) is 4.55. The van der Waals surface area contributed by atoms with Gasteiger partial charge >= 0.3 is 5.97 Å². The van der Waals surface area contributed by atoms with Gasteiger partial charge in [0.15, 0.2) is 0 Å². The average Bonchev–Trinajstić information content (AvgIpc) is 2.16. The van der Waals surface area contributed by atoms with Gasteiger partial charge in [0.25, 0.3) is 0 Å². The van der Waals surface area contributed by atoms with Crippen LogP contribution in [0.15, 0.2) is 0 Å². The molecule has 0 aliphatic carbocycles. The van der Waals surface area contributed by atoms with Crippen molar-refractivity contribution in [3.8, 4) is 0 Å². The largest absolute Gasteiger partial charge is 0.395 e. The van der Waals surface area contributed by atoms with Crippen LogP contribution < -0.4 is 5.73 Å². The number of rotatable bonds is 3. The Morgan fingerprint density at radius 3 is 2.69 bits per heavy atom. The van der Waals surface area contributed by atoms with Crippen LogP contribution in [0.25, 0.3) is 0 Å². The minimum absolute atomic E-state index is 0.266. The fraction of sp³-hybridized carbons (Fsp3) is 0.875. The van der Waals surface area contributed by atoms with Crippen molar-refractivity contribution in [1.82, 2.24) is 4.90 Å². The summed E-state index contributed by atoms with van der Waals surface area (Å²) < 4.78 is 4.27. The zero-order valence-corrected chi connectivity index (χ0v) is 8.50. The second kappa shape index (κ2) is 5.47. The van der Waals surface area contributed by atoms with Gasteiger partial charge in [0.05, 0.1) is 6.42 Å². The zero-order valence-electron chi connectivity index (χ0n) is 7.61. The summed E-state index contributed by atoms with van der Waals surface area (Å²) >= 11 is 3.44. The van der Waals surface area contributed by atoms with Crippen molar-refractivity contribution < 1.29 is 8.98 Å². The van der Waals surface area contributed by atoms with Crippen LogP contribution in [-0.2, 0) is 8.98 Å². The first-order chi connectivity index (χ1) is 6.22. The van der Waals surface area contributed by atoms with E-state index in [1.54, 1.807) is 0 Å². The first-order valence-corrected chi connectivity index (χ1v) is 4.91. The highest BCUT2D eigenvalue weighted by atomic mass is 32.1. The first kappa shape index (κ1) is 10.8. The predicted octanol–water partition coefficient (Wildman–Crippen LogP) is 0.188. The van der Waals surface area contributed by atoms with Crippen LogP contribution in [0.2, 0.25) is 0 Å². The molecule has 0 saturated carbocycles. The van der Waals surface area contributed by atoms with Crippen LogP contribution in [0.3, 0.4) is 0 Å². The molecular weight excluding hydrogens is 188 g/mol. The minimum Gasteiger partial charge on any atom is -0.395 e. The van der Waals surface area contributed by atoms with E-state index in [1.807, 2.05) is 0 Å². The fourth-order valence-electron chi connectivity index (χ4n) is 1.47. The highest BCUT2D eigenvalue weighted by Gasteiger charge is 2.16. The molecule has 4 nitrogen and oxygen atoms in total. The zero-order chi connectivity index (χ0) is 9.68. The van der Waals surface area contributed by atoms with E-state index in [9.17, 15) is 4.79 Å². The molecule has 1 aliphatic rings. The Morgan fingerprint density at radius 2 is 2.15 bits per heavy atom. The van der Waals surface area contributed by atoms with Crippen LogP contribution in [0.5, 0.6) is 0 Å². The van der Waals surface area contributed by atoms with Gasteiger partial charge < -0.3 is 14.8 Å². The number of carbonyl (C=O) groups is 1. The minimum atomic E-state index is -0.266. The third kappa shape index (κ3) is 3.97. The molecule has 5 heteroatoms. The van der Waals surface area contributed by atoms with Crippen molar-refractivity contribution in [1.29, 1.82) is 0 Å². The number of piperidine rings is 1. The van der Waals surface area contributed by atoms with Gasteiger partial charge in [-0.15, -0.1) is 0 Å². The van der Waals surface area contributed by atoms with Crippen molar-refractivity contribution in [2.45, 2.75) is 25.3 Å². The molecule has 0 atom stereocenters. The van der Waals surface area contributed by atoms with Crippen LogP contribution in [0.1, 0.15) is 19.3 Å². The van der Waals surface area contributed by atoms with Gasteiger partial charge in [-0.3, -0.25) is 4.79 Å². The van der Waals surface area contributed by atoms with Gasteiger partial charge in [-0.25, -0.2) is 0 Å². The molecule has 1 saturated heterocycles. The maximum Gasteiger partial charge on any atom is 0.318 e. The topological polar surface area (TPSA) is 55.6 Å². The Labute approximate surface area is 84.0 Å². The van der Waals surface area contributed by atoms with Crippen LogP contribution in [0.4, 0.5) is 0 Å². The third-order valence-corrected chi connectivity index (χ3v) is 2.57. The molecular formula is C8H16N2O2S. The summed E-state index contributed by atoms with van der Waals surface area (Å²) in [4.78, 5) is 13.0. The van der Waals surface area contributed by atoms with Crippen molar-refractivity contribution >= 4 is 18.9 Å². The number of carbonyl (C=O) groups excluding carboxylic acids is 1. The normalized spacial score (nSPS) is 20.2. The lowest BCUT2D eigenvalue weighted by Gasteiger charge is -2.29. The second-order valence-electron chi connectivity index (χ2n) is 3.39. The molecule has 0 amide bonds. The molecule has 0 bridgehead atoms. The Balaban J connectivity index is 2.12. The van der Waals surface area contributed by atoms with E-state index >= 15 is 0 Å². The van der Waals surface area contributed by atoms with Crippen molar-refractivity contribution in [3.05, 3.63) is 0 Å². The summed E-state index contributed by atoms with van der Waals surface area (Å²) in [5, 5.41) is 0. The van der Waals surface area contributed by atoms with E-state index in [0.717, 1.165) is 32.5 Å². The molecule has 1 aliphatic heterocycles. The molecule has 0 aromatic rings. The monoisotopic (exact) mass is 204 g/mol. The number of nitrogens with zero attached hydrogens (tertiary/aromatic N) is 1. The highest BCUT2D eigenvalue weighted by Crippen LogP contribution is 2.08. The van der Waals surface area contributed by atoms with Crippen molar-refractivity contribution in [2.24, 2.45) is 5.73 Å². The molecule has 0 radical (unpaired) electrons. The van der Waals surface area contributed by atoms with E-state index < -0.39 is 0 Å². The predicted molar refractivity (Wildman–Crippen MR) is 53.3 cm³/mol. The summed E-state index contributed by atoms with van der Waals surface area (Å²) in [7, 11) is 0. The maximum absolute atomic E-state index is 10.8. The van der Waals surface area contributed by atoms with Crippen molar-refractivity contribution in [2.75, 3.05) is 19.6 Å². The van der Waals surface area contributed by atoms with Gasteiger partial charge in [0.1, 0.15) is 0 Å². The van der Waals surface area contributed by atoms with Gasteiger partial charge in [-0.2, -0.15) is 0 Å². The molecule has 0 aromatic heterocycles. The highest BCUT2D eigenvalue weighted by molar-refractivity contribution is 7.75. The second-order valence-corrected chi connectivity index (χ2v) is 3.57.